The summed E-state index contributed by atoms with van der Waals surface area (Å²) >= 11 is 6.08. The van der Waals surface area contributed by atoms with E-state index < -0.39 is 5.97 Å². The molecule has 88 valence electrons. The Hall–Kier alpha value is -1.81. The van der Waals surface area contributed by atoms with E-state index in [-0.39, 0.29) is 0 Å². The molecule has 1 aromatic carbocycles. The first-order valence-electron chi connectivity index (χ1n) is 5.08. The Morgan fingerprint density at radius 2 is 2.12 bits per heavy atom. The smallest absolute Gasteiger partial charge is 0.309 e. The minimum absolute atomic E-state index is 0.364. The number of halogens is 1. The highest BCUT2D eigenvalue weighted by Crippen LogP contribution is 2.25. The number of benzene rings is 1. The second-order valence-electron chi connectivity index (χ2n) is 3.58. The van der Waals surface area contributed by atoms with Gasteiger partial charge in [0.15, 0.2) is 0 Å². The molecule has 1 heterocycles. The van der Waals surface area contributed by atoms with Crippen LogP contribution in [0.25, 0.3) is 5.69 Å². The van der Waals surface area contributed by atoms with Crippen LogP contribution in [0.4, 0.5) is 0 Å². The summed E-state index contributed by atoms with van der Waals surface area (Å²) in [4.78, 5) is 11.0. The molecule has 1 aromatic heterocycles. The Kier molecular flexibility index (Phi) is 3.15. The van der Waals surface area contributed by atoms with E-state index in [0.29, 0.717) is 16.6 Å². The van der Waals surface area contributed by atoms with Crippen LogP contribution in [-0.2, 0) is 4.79 Å². The fourth-order valence-electron chi connectivity index (χ4n) is 1.49. The lowest BCUT2D eigenvalue weighted by molar-refractivity contribution is -0.132. The fraction of sp³-hybridized carbons (Fsp3) is 0.167. The van der Waals surface area contributed by atoms with E-state index in [2.05, 4.69) is 5.10 Å². The maximum Gasteiger partial charge on any atom is 0.309 e. The van der Waals surface area contributed by atoms with E-state index in [1.807, 2.05) is 25.1 Å². The zero-order valence-electron chi connectivity index (χ0n) is 9.48. The summed E-state index contributed by atoms with van der Waals surface area (Å²) in [6.45, 7) is 3.17. The average Bonchev–Trinajstić information content (AvgIpc) is 2.59. The topological polar surface area (TPSA) is 44.1 Å². The van der Waals surface area contributed by atoms with Crippen molar-refractivity contribution < 1.29 is 9.53 Å². The minimum Gasteiger partial charge on any atom is -0.408 e. The van der Waals surface area contributed by atoms with E-state index in [4.69, 9.17) is 16.3 Å². The number of para-hydroxylation sites is 1. The van der Waals surface area contributed by atoms with E-state index in [0.717, 1.165) is 5.69 Å². The van der Waals surface area contributed by atoms with E-state index in [9.17, 15) is 4.79 Å². The molecule has 0 bridgehead atoms. The molecular weight excluding hydrogens is 240 g/mol. The Balaban J connectivity index is 2.51. The molecule has 0 saturated heterocycles. The van der Waals surface area contributed by atoms with Crippen LogP contribution < -0.4 is 4.74 Å². The average molecular weight is 251 g/mol. The summed E-state index contributed by atoms with van der Waals surface area (Å²) in [5.41, 5.74) is 1.43. The zero-order valence-corrected chi connectivity index (χ0v) is 10.2. The number of rotatable bonds is 2. The van der Waals surface area contributed by atoms with Gasteiger partial charge in [-0.3, -0.25) is 4.79 Å². The summed E-state index contributed by atoms with van der Waals surface area (Å²) in [5, 5.41) is 4.80. The maximum absolute atomic E-state index is 11.0. The van der Waals surface area contributed by atoms with Crippen LogP contribution >= 0.6 is 11.6 Å². The lowest BCUT2D eigenvalue weighted by Gasteiger charge is -2.07. The molecule has 2 aromatic rings. The molecule has 0 aliphatic heterocycles. The first-order chi connectivity index (χ1) is 8.08. The van der Waals surface area contributed by atoms with Crippen LogP contribution in [0.1, 0.15) is 12.6 Å². The second-order valence-corrected chi connectivity index (χ2v) is 3.99. The summed E-state index contributed by atoms with van der Waals surface area (Å²) in [5.74, 6) is -0.0266. The van der Waals surface area contributed by atoms with Crippen molar-refractivity contribution in [1.82, 2.24) is 9.78 Å². The van der Waals surface area contributed by atoms with Crippen LogP contribution in [-0.4, -0.2) is 15.7 Å². The van der Waals surface area contributed by atoms with Crippen molar-refractivity contribution in [2.75, 3.05) is 0 Å². The van der Waals surface area contributed by atoms with Crippen molar-refractivity contribution in [3.63, 3.8) is 0 Å². The Morgan fingerprint density at radius 1 is 1.41 bits per heavy atom. The molecule has 2 rings (SSSR count). The van der Waals surface area contributed by atoms with Crippen LogP contribution in [0.15, 0.2) is 30.3 Å². The third-order valence-electron chi connectivity index (χ3n) is 2.13. The van der Waals surface area contributed by atoms with Gasteiger partial charge in [0.05, 0.1) is 16.4 Å². The quantitative estimate of drug-likeness (QED) is 0.770. The van der Waals surface area contributed by atoms with Gasteiger partial charge < -0.3 is 4.74 Å². The zero-order chi connectivity index (χ0) is 12.4. The normalized spacial score (nSPS) is 10.3. The first kappa shape index (κ1) is 11.7. The van der Waals surface area contributed by atoms with Gasteiger partial charge in [-0.1, -0.05) is 23.7 Å². The van der Waals surface area contributed by atoms with Crippen LogP contribution in [0.2, 0.25) is 5.02 Å². The summed E-state index contributed by atoms with van der Waals surface area (Å²) in [6, 6.07) is 8.92. The molecule has 0 spiro atoms. The Bertz CT molecular complexity index is 563. The predicted octanol–water partition coefficient (Wildman–Crippen LogP) is 2.76. The number of carbonyl (C=O) groups excluding carboxylic acids is 1. The van der Waals surface area contributed by atoms with Gasteiger partial charge in [-0.05, 0) is 19.1 Å². The molecule has 0 atom stereocenters. The van der Waals surface area contributed by atoms with Crippen LogP contribution in [0.3, 0.4) is 0 Å². The van der Waals surface area contributed by atoms with Crippen molar-refractivity contribution >= 4 is 17.6 Å². The van der Waals surface area contributed by atoms with Crippen LogP contribution in [0.5, 0.6) is 5.88 Å². The molecular formula is C12H11ClN2O2. The SMILES string of the molecule is CC(=O)Oc1cc(C)nn1-c1ccccc1Cl. The van der Waals surface area contributed by atoms with Gasteiger partial charge in [-0.2, -0.15) is 9.78 Å². The Labute approximate surface area is 104 Å². The highest BCUT2D eigenvalue weighted by atomic mass is 35.5. The fourth-order valence-corrected chi connectivity index (χ4v) is 1.71. The highest BCUT2D eigenvalue weighted by Gasteiger charge is 2.12. The number of nitrogens with zero attached hydrogens (tertiary/aromatic N) is 2. The van der Waals surface area contributed by atoms with Crippen molar-refractivity contribution in [3.05, 3.63) is 41.0 Å². The summed E-state index contributed by atoms with van der Waals surface area (Å²) in [6.07, 6.45) is 0. The van der Waals surface area contributed by atoms with E-state index in [1.165, 1.54) is 11.6 Å². The molecule has 0 aliphatic rings. The number of aryl methyl sites for hydroxylation is 1. The molecule has 0 amide bonds. The summed E-state index contributed by atoms with van der Waals surface area (Å²) < 4.78 is 6.59. The van der Waals surface area contributed by atoms with Gasteiger partial charge in [0, 0.05) is 13.0 Å². The van der Waals surface area contributed by atoms with Gasteiger partial charge in [-0.25, -0.2) is 0 Å². The van der Waals surface area contributed by atoms with Crippen molar-refractivity contribution in [2.24, 2.45) is 0 Å². The Morgan fingerprint density at radius 3 is 2.76 bits per heavy atom. The number of hydrogen-bond acceptors (Lipinski definition) is 3. The number of carbonyl (C=O) groups is 1. The van der Waals surface area contributed by atoms with Crippen molar-refractivity contribution in [2.45, 2.75) is 13.8 Å². The van der Waals surface area contributed by atoms with Gasteiger partial charge in [0.1, 0.15) is 0 Å². The van der Waals surface area contributed by atoms with Crippen LogP contribution in [0, 0.1) is 6.92 Å². The standard InChI is InChI=1S/C12H11ClN2O2/c1-8-7-12(17-9(2)16)15(14-8)11-6-4-3-5-10(11)13/h3-7H,1-2H3. The van der Waals surface area contributed by atoms with E-state index >= 15 is 0 Å². The lowest BCUT2D eigenvalue weighted by Crippen LogP contribution is -2.07. The summed E-state index contributed by atoms with van der Waals surface area (Å²) in [7, 11) is 0. The van der Waals surface area contributed by atoms with Gasteiger partial charge >= 0.3 is 5.97 Å². The number of esters is 1. The molecule has 17 heavy (non-hydrogen) atoms. The maximum atomic E-state index is 11.0. The molecule has 0 radical (unpaired) electrons. The predicted molar refractivity (Wildman–Crippen MR) is 64.6 cm³/mol. The van der Waals surface area contributed by atoms with E-state index in [1.54, 1.807) is 12.1 Å². The van der Waals surface area contributed by atoms with Crippen molar-refractivity contribution in [3.8, 4) is 11.6 Å². The first-order valence-corrected chi connectivity index (χ1v) is 5.45. The molecule has 0 N–H and O–H groups in total. The second kappa shape index (κ2) is 4.59. The van der Waals surface area contributed by atoms with Crippen molar-refractivity contribution in [1.29, 1.82) is 0 Å². The number of ether oxygens (including phenoxy) is 1. The van der Waals surface area contributed by atoms with Gasteiger partial charge in [-0.15, -0.1) is 0 Å². The number of aromatic nitrogens is 2. The highest BCUT2D eigenvalue weighted by molar-refractivity contribution is 6.32. The third kappa shape index (κ3) is 2.47. The van der Waals surface area contributed by atoms with Gasteiger partial charge in [0.2, 0.25) is 5.88 Å². The van der Waals surface area contributed by atoms with Gasteiger partial charge in [0.25, 0.3) is 0 Å². The molecule has 5 heteroatoms. The monoisotopic (exact) mass is 250 g/mol. The molecule has 0 saturated carbocycles. The molecule has 0 fully saturated rings. The molecule has 0 unspecified atom stereocenters. The lowest BCUT2D eigenvalue weighted by atomic mass is 10.3. The minimum atomic E-state index is -0.391. The molecule has 4 nitrogen and oxygen atoms in total. The third-order valence-corrected chi connectivity index (χ3v) is 2.45. The molecule has 0 aliphatic carbocycles. The number of hydrogen-bond donors (Lipinski definition) is 0. The largest absolute Gasteiger partial charge is 0.408 e.